The molecule has 0 saturated heterocycles. The second-order valence-corrected chi connectivity index (χ2v) is 4.84. The third kappa shape index (κ3) is 14.0. The molecule has 0 aromatic carbocycles. The van der Waals surface area contributed by atoms with Crippen LogP contribution in [0.4, 0.5) is 0 Å². The minimum Gasteiger partial charge on any atom is -0.463 e. The van der Waals surface area contributed by atoms with E-state index in [1.165, 1.54) is 0 Å². The quantitative estimate of drug-likeness (QED) is 0.363. The van der Waals surface area contributed by atoms with Crippen LogP contribution in [-0.2, 0) is 23.7 Å². The summed E-state index contributed by atoms with van der Waals surface area (Å²) in [6, 6.07) is 0. The second kappa shape index (κ2) is 15.7. The van der Waals surface area contributed by atoms with E-state index in [0.717, 1.165) is 19.4 Å². The number of hydrogen-bond donors (Lipinski definition) is 1. The fourth-order valence-corrected chi connectivity index (χ4v) is 1.50. The molecular weight excluding hydrogens is 274 g/mol. The van der Waals surface area contributed by atoms with Crippen molar-refractivity contribution in [1.82, 2.24) is 0 Å². The van der Waals surface area contributed by atoms with Crippen molar-refractivity contribution in [3.8, 4) is 0 Å². The van der Waals surface area contributed by atoms with Gasteiger partial charge in [0.25, 0.3) is 0 Å². The van der Waals surface area contributed by atoms with Gasteiger partial charge < -0.3 is 24.7 Å². The van der Waals surface area contributed by atoms with Crippen LogP contribution in [0, 0.1) is 5.92 Å². The SMILES string of the molecule is CCCCOCCOCCOCCOC(=O)C(C)CCN. The van der Waals surface area contributed by atoms with Gasteiger partial charge in [0.05, 0.1) is 39.0 Å². The normalized spacial score (nSPS) is 12.3. The van der Waals surface area contributed by atoms with Gasteiger partial charge in [0.1, 0.15) is 6.61 Å². The number of unbranched alkanes of at least 4 members (excludes halogenated alkanes) is 1. The topological polar surface area (TPSA) is 80.0 Å². The molecule has 0 heterocycles. The number of nitrogens with two attached hydrogens (primary N) is 1. The highest BCUT2D eigenvalue weighted by molar-refractivity contribution is 5.71. The lowest BCUT2D eigenvalue weighted by molar-refractivity contribution is -0.149. The first-order valence-electron chi connectivity index (χ1n) is 7.82. The molecule has 21 heavy (non-hydrogen) atoms. The van der Waals surface area contributed by atoms with E-state index >= 15 is 0 Å². The Labute approximate surface area is 128 Å². The monoisotopic (exact) mass is 305 g/mol. The summed E-state index contributed by atoms with van der Waals surface area (Å²) in [5, 5.41) is 0. The van der Waals surface area contributed by atoms with E-state index in [1.807, 2.05) is 6.92 Å². The molecule has 126 valence electrons. The summed E-state index contributed by atoms with van der Waals surface area (Å²) in [7, 11) is 0. The van der Waals surface area contributed by atoms with Crippen LogP contribution in [0.15, 0.2) is 0 Å². The molecule has 0 radical (unpaired) electrons. The van der Waals surface area contributed by atoms with Gasteiger partial charge in [-0.1, -0.05) is 20.3 Å². The van der Waals surface area contributed by atoms with Crippen LogP contribution in [-0.4, -0.2) is 58.8 Å². The van der Waals surface area contributed by atoms with Crippen molar-refractivity contribution in [2.45, 2.75) is 33.1 Å². The first-order chi connectivity index (χ1) is 10.2. The maximum Gasteiger partial charge on any atom is 0.308 e. The predicted octanol–water partition coefficient (Wildman–Crippen LogP) is 1.36. The smallest absolute Gasteiger partial charge is 0.308 e. The van der Waals surface area contributed by atoms with Gasteiger partial charge in [0.15, 0.2) is 0 Å². The number of carbonyl (C=O) groups excluding carboxylic acids is 1. The molecule has 0 aliphatic heterocycles. The molecule has 0 spiro atoms. The van der Waals surface area contributed by atoms with Crippen molar-refractivity contribution in [2.75, 3.05) is 52.8 Å². The van der Waals surface area contributed by atoms with Gasteiger partial charge in [-0.3, -0.25) is 4.79 Å². The Morgan fingerprint density at radius 1 is 0.952 bits per heavy atom. The van der Waals surface area contributed by atoms with Crippen molar-refractivity contribution < 1.29 is 23.7 Å². The fraction of sp³-hybridized carbons (Fsp3) is 0.933. The minimum absolute atomic E-state index is 0.147. The van der Waals surface area contributed by atoms with Crippen LogP contribution in [0.1, 0.15) is 33.1 Å². The Morgan fingerprint density at radius 3 is 2.00 bits per heavy atom. The molecule has 0 amide bonds. The zero-order valence-electron chi connectivity index (χ0n) is 13.5. The minimum atomic E-state index is -0.218. The zero-order chi connectivity index (χ0) is 15.8. The lowest BCUT2D eigenvalue weighted by Crippen LogP contribution is -2.20. The molecular formula is C15H31NO5. The number of carbonyl (C=O) groups is 1. The van der Waals surface area contributed by atoms with E-state index < -0.39 is 0 Å². The number of rotatable bonds is 15. The molecule has 6 nitrogen and oxygen atoms in total. The van der Waals surface area contributed by atoms with Crippen LogP contribution in [0.25, 0.3) is 0 Å². The molecule has 0 aliphatic rings. The maximum absolute atomic E-state index is 11.4. The predicted molar refractivity (Wildman–Crippen MR) is 81.2 cm³/mol. The summed E-state index contributed by atoms with van der Waals surface area (Å²) in [5.41, 5.74) is 5.38. The van der Waals surface area contributed by atoms with E-state index in [2.05, 4.69) is 6.92 Å². The van der Waals surface area contributed by atoms with Gasteiger partial charge in [-0.05, 0) is 19.4 Å². The summed E-state index contributed by atoms with van der Waals surface area (Å²) >= 11 is 0. The fourth-order valence-electron chi connectivity index (χ4n) is 1.50. The molecule has 1 atom stereocenters. The second-order valence-electron chi connectivity index (χ2n) is 4.84. The molecule has 2 N–H and O–H groups in total. The molecule has 1 unspecified atom stereocenters. The zero-order valence-corrected chi connectivity index (χ0v) is 13.5. The summed E-state index contributed by atoms with van der Waals surface area (Å²) in [5.74, 6) is -0.365. The number of ether oxygens (including phenoxy) is 4. The van der Waals surface area contributed by atoms with Crippen LogP contribution < -0.4 is 5.73 Å². The summed E-state index contributed by atoms with van der Waals surface area (Å²) in [4.78, 5) is 11.4. The van der Waals surface area contributed by atoms with Gasteiger partial charge in [0.2, 0.25) is 0 Å². The summed E-state index contributed by atoms with van der Waals surface area (Å²) in [6.07, 6.45) is 2.88. The average Bonchev–Trinajstić information content (AvgIpc) is 2.48. The van der Waals surface area contributed by atoms with Gasteiger partial charge in [-0.25, -0.2) is 0 Å². The van der Waals surface area contributed by atoms with Crippen LogP contribution in [0.2, 0.25) is 0 Å². The summed E-state index contributed by atoms with van der Waals surface area (Å²) in [6.45, 7) is 8.11. The van der Waals surface area contributed by atoms with Crippen LogP contribution in [0.3, 0.4) is 0 Å². The molecule has 0 bridgehead atoms. The number of esters is 1. The molecule has 0 aromatic heterocycles. The highest BCUT2D eigenvalue weighted by atomic mass is 16.6. The van der Waals surface area contributed by atoms with Crippen molar-refractivity contribution >= 4 is 5.97 Å². The third-order valence-corrected chi connectivity index (χ3v) is 2.86. The van der Waals surface area contributed by atoms with Crippen LogP contribution in [0.5, 0.6) is 0 Å². The molecule has 0 saturated carbocycles. The van der Waals surface area contributed by atoms with Crippen LogP contribution >= 0.6 is 0 Å². The Morgan fingerprint density at radius 2 is 1.48 bits per heavy atom. The van der Waals surface area contributed by atoms with E-state index in [4.69, 9.17) is 24.7 Å². The van der Waals surface area contributed by atoms with E-state index in [0.29, 0.717) is 46.0 Å². The van der Waals surface area contributed by atoms with E-state index in [1.54, 1.807) is 0 Å². The third-order valence-electron chi connectivity index (χ3n) is 2.86. The summed E-state index contributed by atoms with van der Waals surface area (Å²) < 4.78 is 21.1. The first kappa shape index (κ1) is 20.3. The van der Waals surface area contributed by atoms with E-state index in [-0.39, 0.29) is 18.5 Å². The van der Waals surface area contributed by atoms with Crippen molar-refractivity contribution in [3.63, 3.8) is 0 Å². The van der Waals surface area contributed by atoms with E-state index in [9.17, 15) is 4.79 Å². The highest BCUT2D eigenvalue weighted by Gasteiger charge is 2.12. The Kier molecular flexibility index (Phi) is 15.2. The van der Waals surface area contributed by atoms with Gasteiger partial charge >= 0.3 is 5.97 Å². The molecule has 0 fully saturated rings. The molecule has 0 aliphatic carbocycles. The Hall–Kier alpha value is -0.690. The Balaban J connectivity index is 3.17. The first-order valence-corrected chi connectivity index (χ1v) is 7.82. The lowest BCUT2D eigenvalue weighted by atomic mass is 10.1. The van der Waals surface area contributed by atoms with Gasteiger partial charge in [-0.2, -0.15) is 0 Å². The largest absolute Gasteiger partial charge is 0.463 e. The number of hydrogen-bond acceptors (Lipinski definition) is 6. The molecule has 0 rings (SSSR count). The standard InChI is InChI=1S/C15H31NO5/c1-3-4-7-18-8-9-19-10-11-20-12-13-21-15(17)14(2)5-6-16/h14H,3-13,16H2,1-2H3. The van der Waals surface area contributed by atoms with Crippen molar-refractivity contribution in [1.29, 1.82) is 0 Å². The maximum atomic E-state index is 11.4. The van der Waals surface area contributed by atoms with Gasteiger partial charge in [-0.15, -0.1) is 0 Å². The Bertz CT molecular complexity index is 238. The average molecular weight is 305 g/mol. The highest BCUT2D eigenvalue weighted by Crippen LogP contribution is 2.02. The molecule has 0 aromatic rings. The van der Waals surface area contributed by atoms with Crippen molar-refractivity contribution in [3.05, 3.63) is 0 Å². The van der Waals surface area contributed by atoms with Crippen molar-refractivity contribution in [2.24, 2.45) is 11.7 Å². The lowest BCUT2D eigenvalue weighted by Gasteiger charge is -2.10. The van der Waals surface area contributed by atoms with Gasteiger partial charge in [0, 0.05) is 6.61 Å². The molecule has 6 heteroatoms.